The van der Waals surface area contributed by atoms with Crippen LogP contribution in [0, 0.1) is 10.1 Å². The minimum Gasteiger partial charge on any atom is -0.494 e. The number of nitrogens with one attached hydrogen (secondary N) is 1. The highest BCUT2D eigenvalue weighted by Crippen LogP contribution is 2.26. The summed E-state index contributed by atoms with van der Waals surface area (Å²) in [6, 6.07) is 5.07. The van der Waals surface area contributed by atoms with Gasteiger partial charge in [0.2, 0.25) is 0 Å². The molecule has 21 heavy (non-hydrogen) atoms. The molecule has 1 fully saturated rings. The van der Waals surface area contributed by atoms with E-state index in [4.69, 9.17) is 4.74 Å². The largest absolute Gasteiger partial charge is 0.494 e. The van der Waals surface area contributed by atoms with Gasteiger partial charge >= 0.3 is 0 Å². The molecule has 0 aliphatic carbocycles. The molecule has 0 radical (unpaired) electrons. The lowest BCUT2D eigenvalue weighted by atomic mass is 10.2. The average Bonchev–Trinajstić information content (AvgIpc) is 2.91. The fourth-order valence-electron chi connectivity index (χ4n) is 2.70. The molecular formula is C15H23N3O3. The standard InChI is InChI=1S/C15H23N3O3/c1-3-21-15-9-13(8-14(10-15)18(19)20)16-12(2)11-17-6-4-5-7-17/h8-10,12,16H,3-7,11H2,1-2H3. The van der Waals surface area contributed by atoms with Crippen molar-refractivity contribution in [1.29, 1.82) is 0 Å². The van der Waals surface area contributed by atoms with Crippen molar-refractivity contribution < 1.29 is 9.66 Å². The van der Waals surface area contributed by atoms with E-state index >= 15 is 0 Å². The van der Waals surface area contributed by atoms with Crippen molar-refractivity contribution in [3.8, 4) is 5.75 Å². The molecule has 2 rings (SSSR count). The quantitative estimate of drug-likeness (QED) is 0.618. The van der Waals surface area contributed by atoms with Gasteiger partial charge in [-0.05, 0) is 39.8 Å². The Labute approximate surface area is 125 Å². The van der Waals surface area contributed by atoms with Crippen LogP contribution in [0.3, 0.4) is 0 Å². The summed E-state index contributed by atoms with van der Waals surface area (Å²) in [5.41, 5.74) is 0.788. The zero-order valence-corrected chi connectivity index (χ0v) is 12.7. The second-order valence-corrected chi connectivity index (χ2v) is 5.46. The van der Waals surface area contributed by atoms with E-state index in [0.717, 1.165) is 25.3 Å². The van der Waals surface area contributed by atoms with E-state index in [9.17, 15) is 10.1 Å². The summed E-state index contributed by atoms with van der Waals surface area (Å²) >= 11 is 0. The Morgan fingerprint density at radius 2 is 2.10 bits per heavy atom. The summed E-state index contributed by atoms with van der Waals surface area (Å²) in [5, 5.41) is 14.3. The van der Waals surface area contributed by atoms with Gasteiger partial charge in [0.25, 0.3) is 5.69 Å². The van der Waals surface area contributed by atoms with Gasteiger partial charge in [0.15, 0.2) is 0 Å². The third-order valence-electron chi connectivity index (χ3n) is 3.56. The highest BCUT2D eigenvalue weighted by atomic mass is 16.6. The monoisotopic (exact) mass is 293 g/mol. The van der Waals surface area contributed by atoms with E-state index in [2.05, 4.69) is 17.1 Å². The van der Waals surface area contributed by atoms with Crippen LogP contribution in [-0.4, -0.2) is 42.1 Å². The van der Waals surface area contributed by atoms with Crippen molar-refractivity contribution in [2.45, 2.75) is 32.7 Å². The van der Waals surface area contributed by atoms with Crippen molar-refractivity contribution in [1.82, 2.24) is 4.90 Å². The normalized spacial score (nSPS) is 16.7. The van der Waals surface area contributed by atoms with Crippen LogP contribution < -0.4 is 10.1 Å². The minimum atomic E-state index is -0.390. The van der Waals surface area contributed by atoms with Crippen LogP contribution in [-0.2, 0) is 0 Å². The molecule has 1 aromatic carbocycles. The number of hydrogen-bond donors (Lipinski definition) is 1. The Kier molecular flexibility index (Phi) is 5.38. The summed E-state index contributed by atoms with van der Waals surface area (Å²) in [7, 11) is 0. The SMILES string of the molecule is CCOc1cc(NC(C)CN2CCCC2)cc([N+](=O)[O-])c1. The Morgan fingerprint density at radius 1 is 1.38 bits per heavy atom. The Morgan fingerprint density at radius 3 is 2.71 bits per heavy atom. The first-order chi connectivity index (χ1) is 10.1. The average molecular weight is 293 g/mol. The Bertz CT molecular complexity index is 487. The van der Waals surface area contributed by atoms with Crippen molar-refractivity contribution in [2.24, 2.45) is 0 Å². The number of anilines is 1. The second-order valence-electron chi connectivity index (χ2n) is 5.46. The smallest absolute Gasteiger partial charge is 0.275 e. The molecule has 1 unspecified atom stereocenters. The van der Waals surface area contributed by atoms with Gasteiger partial charge in [-0.15, -0.1) is 0 Å². The Hall–Kier alpha value is -1.82. The maximum absolute atomic E-state index is 11.0. The topological polar surface area (TPSA) is 67.6 Å². The molecule has 1 heterocycles. The van der Waals surface area contributed by atoms with E-state index in [1.54, 1.807) is 6.07 Å². The first-order valence-electron chi connectivity index (χ1n) is 7.49. The van der Waals surface area contributed by atoms with Gasteiger partial charge in [-0.25, -0.2) is 0 Å². The number of nitrogens with zero attached hydrogens (tertiary/aromatic N) is 2. The molecule has 6 nitrogen and oxygen atoms in total. The van der Waals surface area contributed by atoms with Crippen molar-refractivity contribution in [3.63, 3.8) is 0 Å². The Balaban J connectivity index is 2.04. The molecule has 0 saturated carbocycles. The molecule has 6 heteroatoms. The molecule has 116 valence electrons. The molecule has 1 aromatic rings. The zero-order valence-electron chi connectivity index (χ0n) is 12.7. The van der Waals surface area contributed by atoms with Gasteiger partial charge < -0.3 is 15.0 Å². The number of rotatable bonds is 7. The highest BCUT2D eigenvalue weighted by molar-refractivity contribution is 5.56. The summed E-state index contributed by atoms with van der Waals surface area (Å²) in [6.07, 6.45) is 2.52. The molecular weight excluding hydrogens is 270 g/mol. The van der Waals surface area contributed by atoms with Crippen LogP contribution in [0.5, 0.6) is 5.75 Å². The summed E-state index contributed by atoms with van der Waals surface area (Å²) < 4.78 is 5.40. The lowest BCUT2D eigenvalue weighted by Gasteiger charge is -2.22. The van der Waals surface area contributed by atoms with Crippen LogP contribution in [0.4, 0.5) is 11.4 Å². The number of ether oxygens (including phenoxy) is 1. The van der Waals surface area contributed by atoms with Crippen LogP contribution in [0.15, 0.2) is 18.2 Å². The fraction of sp³-hybridized carbons (Fsp3) is 0.600. The van der Waals surface area contributed by atoms with Crippen molar-refractivity contribution in [2.75, 3.05) is 31.6 Å². The minimum absolute atomic E-state index is 0.0526. The molecule has 0 bridgehead atoms. The maximum Gasteiger partial charge on any atom is 0.275 e. The predicted octanol–water partition coefficient (Wildman–Crippen LogP) is 2.89. The van der Waals surface area contributed by atoms with E-state index in [1.807, 2.05) is 13.0 Å². The van der Waals surface area contributed by atoms with E-state index in [-0.39, 0.29) is 11.7 Å². The summed E-state index contributed by atoms with van der Waals surface area (Å²) in [4.78, 5) is 13.0. The van der Waals surface area contributed by atoms with E-state index in [1.165, 1.54) is 18.9 Å². The number of hydrogen-bond acceptors (Lipinski definition) is 5. The zero-order chi connectivity index (χ0) is 15.2. The summed E-state index contributed by atoms with van der Waals surface area (Å²) in [5.74, 6) is 0.530. The highest BCUT2D eigenvalue weighted by Gasteiger charge is 2.16. The molecule has 0 spiro atoms. The lowest BCUT2D eigenvalue weighted by Crippen LogP contribution is -2.32. The van der Waals surface area contributed by atoms with Crippen LogP contribution in [0.1, 0.15) is 26.7 Å². The van der Waals surface area contributed by atoms with Gasteiger partial charge in [0, 0.05) is 30.4 Å². The number of non-ortho nitro benzene ring substituents is 1. The summed E-state index contributed by atoms with van der Waals surface area (Å²) in [6.45, 7) is 7.69. The predicted molar refractivity (Wildman–Crippen MR) is 83.0 cm³/mol. The molecule has 0 aromatic heterocycles. The van der Waals surface area contributed by atoms with Crippen LogP contribution in [0.2, 0.25) is 0 Å². The van der Waals surface area contributed by atoms with Gasteiger partial charge in [-0.3, -0.25) is 10.1 Å². The van der Waals surface area contributed by atoms with E-state index in [0.29, 0.717) is 12.4 Å². The number of nitro groups is 1. The molecule has 1 aliphatic heterocycles. The fourth-order valence-corrected chi connectivity index (χ4v) is 2.70. The van der Waals surface area contributed by atoms with Crippen molar-refractivity contribution >= 4 is 11.4 Å². The number of nitro benzene ring substituents is 1. The van der Waals surface area contributed by atoms with Crippen LogP contribution >= 0.6 is 0 Å². The third-order valence-corrected chi connectivity index (χ3v) is 3.56. The first-order valence-corrected chi connectivity index (χ1v) is 7.49. The molecule has 0 amide bonds. The van der Waals surface area contributed by atoms with Gasteiger partial charge in [0.05, 0.1) is 17.6 Å². The van der Waals surface area contributed by atoms with Crippen LogP contribution in [0.25, 0.3) is 0 Å². The van der Waals surface area contributed by atoms with Gasteiger partial charge in [-0.1, -0.05) is 0 Å². The molecule has 1 atom stereocenters. The third kappa shape index (κ3) is 4.60. The second kappa shape index (κ2) is 7.26. The van der Waals surface area contributed by atoms with Gasteiger partial charge in [0.1, 0.15) is 5.75 Å². The van der Waals surface area contributed by atoms with Crippen molar-refractivity contribution in [3.05, 3.63) is 28.3 Å². The maximum atomic E-state index is 11.0. The molecule has 1 N–H and O–H groups in total. The lowest BCUT2D eigenvalue weighted by molar-refractivity contribution is -0.384. The number of likely N-dealkylation sites (tertiary alicyclic amines) is 1. The first kappa shape index (κ1) is 15.6. The number of benzene rings is 1. The molecule has 1 saturated heterocycles. The van der Waals surface area contributed by atoms with E-state index < -0.39 is 4.92 Å². The van der Waals surface area contributed by atoms with Gasteiger partial charge in [-0.2, -0.15) is 0 Å². The molecule has 1 aliphatic rings.